The summed E-state index contributed by atoms with van der Waals surface area (Å²) in [5, 5.41) is 0. The van der Waals surface area contributed by atoms with Gasteiger partial charge in [0.05, 0.1) is 11.9 Å². The SMILES string of the molecule is Cc1cccc(Oc2cncc(C3CCCN(C(=O)c4cccc(Oc5ncccn5)c4)C3)n2)c1. The Kier molecular flexibility index (Phi) is 6.61. The molecule has 8 nitrogen and oxygen atoms in total. The summed E-state index contributed by atoms with van der Waals surface area (Å²) in [6, 6.07) is 16.8. The van der Waals surface area contributed by atoms with E-state index < -0.39 is 0 Å². The minimum atomic E-state index is -0.0470. The van der Waals surface area contributed by atoms with Crippen molar-refractivity contribution < 1.29 is 14.3 Å². The van der Waals surface area contributed by atoms with Crippen LogP contribution in [0.25, 0.3) is 0 Å². The molecule has 0 aliphatic carbocycles. The van der Waals surface area contributed by atoms with E-state index in [1.54, 1.807) is 55.1 Å². The van der Waals surface area contributed by atoms with E-state index in [0.29, 0.717) is 30.3 Å². The smallest absolute Gasteiger partial charge is 0.321 e. The zero-order valence-corrected chi connectivity index (χ0v) is 19.4. The van der Waals surface area contributed by atoms with Crippen LogP contribution >= 0.6 is 0 Å². The van der Waals surface area contributed by atoms with Crippen LogP contribution in [0.2, 0.25) is 0 Å². The number of rotatable bonds is 6. The third kappa shape index (κ3) is 5.60. The lowest BCUT2D eigenvalue weighted by atomic mass is 9.94. The largest absolute Gasteiger partial charge is 0.437 e. The van der Waals surface area contributed by atoms with Crippen LogP contribution in [0.15, 0.2) is 79.4 Å². The number of ether oxygens (including phenoxy) is 2. The van der Waals surface area contributed by atoms with Crippen LogP contribution in [0.1, 0.15) is 40.4 Å². The number of hydrogen-bond donors (Lipinski definition) is 0. The van der Waals surface area contributed by atoms with Crippen LogP contribution < -0.4 is 9.47 Å². The van der Waals surface area contributed by atoms with Gasteiger partial charge in [-0.15, -0.1) is 0 Å². The number of nitrogens with zero attached hydrogens (tertiary/aromatic N) is 5. The standard InChI is InChI=1S/C27H25N5O3/c1-19-6-2-9-22(14-19)34-25-17-28-16-24(31-25)21-8-4-13-32(18-21)26(33)20-7-3-10-23(15-20)35-27-29-11-5-12-30-27/h2-3,5-7,9-12,14-17,21H,4,8,13,18H2,1H3. The highest BCUT2D eigenvalue weighted by molar-refractivity contribution is 5.94. The fraction of sp³-hybridized carbons (Fsp3) is 0.222. The van der Waals surface area contributed by atoms with Gasteiger partial charge in [-0.3, -0.25) is 9.78 Å². The van der Waals surface area contributed by atoms with Crippen LogP contribution in [0.3, 0.4) is 0 Å². The maximum atomic E-state index is 13.3. The summed E-state index contributed by atoms with van der Waals surface area (Å²) in [5.74, 6) is 1.72. The van der Waals surface area contributed by atoms with Crippen molar-refractivity contribution >= 4 is 5.91 Å². The number of aryl methyl sites for hydroxylation is 1. The number of benzene rings is 2. The number of carbonyl (C=O) groups is 1. The summed E-state index contributed by atoms with van der Waals surface area (Å²) in [6.07, 6.45) is 8.40. The lowest BCUT2D eigenvalue weighted by Crippen LogP contribution is -2.39. The number of hydrogen-bond acceptors (Lipinski definition) is 7. The molecule has 0 radical (unpaired) electrons. The normalized spacial score (nSPS) is 15.5. The highest BCUT2D eigenvalue weighted by atomic mass is 16.5. The molecule has 35 heavy (non-hydrogen) atoms. The van der Waals surface area contributed by atoms with Crippen molar-refractivity contribution in [1.82, 2.24) is 24.8 Å². The van der Waals surface area contributed by atoms with Gasteiger partial charge in [0.25, 0.3) is 5.91 Å². The van der Waals surface area contributed by atoms with E-state index in [0.717, 1.165) is 29.8 Å². The van der Waals surface area contributed by atoms with E-state index in [-0.39, 0.29) is 17.8 Å². The van der Waals surface area contributed by atoms with E-state index >= 15 is 0 Å². The van der Waals surface area contributed by atoms with E-state index in [4.69, 9.17) is 14.5 Å². The first-order valence-electron chi connectivity index (χ1n) is 11.5. The van der Waals surface area contributed by atoms with Crippen LogP contribution in [0, 0.1) is 6.92 Å². The molecule has 176 valence electrons. The quantitative estimate of drug-likeness (QED) is 0.386. The zero-order chi connectivity index (χ0) is 24.0. The van der Waals surface area contributed by atoms with E-state index in [2.05, 4.69) is 15.0 Å². The summed E-state index contributed by atoms with van der Waals surface area (Å²) < 4.78 is 11.6. The average molecular weight is 468 g/mol. The third-order valence-electron chi connectivity index (χ3n) is 5.80. The van der Waals surface area contributed by atoms with Crippen LogP contribution in [0.5, 0.6) is 23.4 Å². The number of aromatic nitrogens is 4. The highest BCUT2D eigenvalue weighted by Gasteiger charge is 2.27. The molecule has 0 saturated carbocycles. The van der Waals surface area contributed by atoms with Crippen LogP contribution in [-0.2, 0) is 0 Å². The highest BCUT2D eigenvalue weighted by Crippen LogP contribution is 2.29. The van der Waals surface area contributed by atoms with Gasteiger partial charge in [-0.2, -0.15) is 0 Å². The first-order chi connectivity index (χ1) is 17.1. The molecule has 2 aromatic heterocycles. The van der Waals surface area contributed by atoms with Gasteiger partial charge < -0.3 is 14.4 Å². The van der Waals surface area contributed by atoms with Crippen LogP contribution in [-0.4, -0.2) is 43.8 Å². The minimum Gasteiger partial charge on any atom is -0.437 e. The molecule has 1 unspecified atom stereocenters. The topological polar surface area (TPSA) is 90.3 Å². The van der Waals surface area contributed by atoms with Gasteiger partial charge in [-0.25, -0.2) is 15.0 Å². The molecular weight excluding hydrogens is 442 g/mol. The van der Waals surface area contributed by atoms with Crippen molar-refractivity contribution in [3.8, 4) is 23.4 Å². The Hall–Kier alpha value is -4.33. The van der Waals surface area contributed by atoms with Crippen molar-refractivity contribution in [2.75, 3.05) is 13.1 Å². The summed E-state index contributed by atoms with van der Waals surface area (Å²) >= 11 is 0. The molecule has 1 aliphatic heterocycles. The van der Waals surface area contributed by atoms with E-state index in [9.17, 15) is 4.79 Å². The minimum absolute atomic E-state index is 0.0470. The van der Waals surface area contributed by atoms with Gasteiger partial charge >= 0.3 is 6.01 Å². The Labute approximate surface area is 203 Å². The first-order valence-corrected chi connectivity index (χ1v) is 11.5. The molecule has 2 aromatic carbocycles. The molecule has 1 fully saturated rings. The number of amides is 1. The monoisotopic (exact) mass is 467 g/mol. The molecule has 5 rings (SSSR count). The van der Waals surface area contributed by atoms with E-state index in [1.807, 2.05) is 36.1 Å². The predicted molar refractivity (Wildman–Crippen MR) is 130 cm³/mol. The summed E-state index contributed by atoms with van der Waals surface area (Å²) in [4.78, 5) is 32.3. The van der Waals surface area contributed by atoms with Crippen molar-refractivity contribution in [3.63, 3.8) is 0 Å². The van der Waals surface area contributed by atoms with Crippen molar-refractivity contribution in [1.29, 1.82) is 0 Å². The third-order valence-corrected chi connectivity index (χ3v) is 5.80. The second-order valence-electron chi connectivity index (χ2n) is 8.45. The molecule has 0 N–H and O–H groups in total. The lowest BCUT2D eigenvalue weighted by molar-refractivity contribution is 0.0705. The molecule has 0 bridgehead atoms. The summed E-state index contributed by atoms with van der Waals surface area (Å²) in [7, 11) is 0. The number of carbonyl (C=O) groups excluding carboxylic acids is 1. The zero-order valence-electron chi connectivity index (χ0n) is 19.4. The fourth-order valence-electron chi connectivity index (χ4n) is 4.13. The molecule has 0 spiro atoms. The van der Waals surface area contributed by atoms with Gasteiger partial charge in [0, 0.05) is 43.2 Å². The second-order valence-corrected chi connectivity index (χ2v) is 8.45. The van der Waals surface area contributed by atoms with Gasteiger partial charge in [0.2, 0.25) is 5.88 Å². The lowest BCUT2D eigenvalue weighted by Gasteiger charge is -2.32. The molecule has 1 saturated heterocycles. The Morgan fingerprint density at radius 1 is 0.971 bits per heavy atom. The maximum Gasteiger partial charge on any atom is 0.321 e. The summed E-state index contributed by atoms with van der Waals surface area (Å²) in [5.41, 5.74) is 2.49. The molecule has 8 heteroatoms. The Morgan fingerprint density at radius 2 is 1.77 bits per heavy atom. The number of piperidine rings is 1. The molecular formula is C27H25N5O3. The van der Waals surface area contributed by atoms with Crippen molar-refractivity contribution in [3.05, 3.63) is 96.2 Å². The van der Waals surface area contributed by atoms with Gasteiger partial charge in [0.1, 0.15) is 11.5 Å². The summed E-state index contributed by atoms with van der Waals surface area (Å²) in [6.45, 7) is 3.27. The van der Waals surface area contributed by atoms with Crippen LogP contribution in [0.4, 0.5) is 0 Å². The second kappa shape index (κ2) is 10.3. The van der Waals surface area contributed by atoms with Crippen molar-refractivity contribution in [2.24, 2.45) is 0 Å². The Balaban J connectivity index is 1.28. The molecule has 1 amide bonds. The number of likely N-dealkylation sites (tertiary alicyclic amines) is 1. The molecule has 1 aliphatic rings. The molecule has 3 heterocycles. The predicted octanol–water partition coefficient (Wildman–Crippen LogP) is 5.18. The molecule has 4 aromatic rings. The van der Waals surface area contributed by atoms with Gasteiger partial charge in [0.15, 0.2) is 0 Å². The van der Waals surface area contributed by atoms with Crippen molar-refractivity contribution in [2.45, 2.75) is 25.7 Å². The Morgan fingerprint density at radius 3 is 2.60 bits per heavy atom. The maximum absolute atomic E-state index is 13.3. The fourth-order valence-corrected chi connectivity index (χ4v) is 4.13. The first kappa shape index (κ1) is 22.5. The average Bonchev–Trinajstić information content (AvgIpc) is 2.89. The van der Waals surface area contributed by atoms with Gasteiger partial charge in [-0.05, 0) is 61.7 Å². The molecule has 1 atom stereocenters. The van der Waals surface area contributed by atoms with E-state index in [1.165, 1.54) is 0 Å². The Bertz CT molecular complexity index is 1310. The van der Waals surface area contributed by atoms with Gasteiger partial charge in [-0.1, -0.05) is 18.2 Å².